The van der Waals surface area contributed by atoms with Gasteiger partial charge in [0.05, 0.1) is 22.5 Å². The fourth-order valence-corrected chi connectivity index (χ4v) is 4.42. The lowest BCUT2D eigenvalue weighted by atomic mass is 10.1. The zero-order valence-electron chi connectivity index (χ0n) is 12.5. The van der Waals surface area contributed by atoms with Crippen molar-refractivity contribution in [2.24, 2.45) is 7.05 Å². The Labute approximate surface area is 135 Å². The highest BCUT2D eigenvalue weighted by atomic mass is 32.1. The molecule has 0 aliphatic heterocycles. The summed E-state index contributed by atoms with van der Waals surface area (Å²) >= 11 is 3.40. The number of hydrogen-bond acceptors (Lipinski definition) is 6. The molecule has 4 heterocycles. The average molecular weight is 329 g/mol. The van der Waals surface area contributed by atoms with Gasteiger partial charge in [0, 0.05) is 17.3 Å². The van der Waals surface area contributed by atoms with Gasteiger partial charge < -0.3 is 5.32 Å². The van der Waals surface area contributed by atoms with E-state index in [4.69, 9.17) is 0 Å². The maximum atomic E-state index is 4.64. The standard InChI is InChI=1S/C15H15N5S2/c1-8-9(2)17-18-15-11(8)12-13(22-15)14(19-20(12)3)16-7-10-5-4-6-21-10/h4-6H,7H2,1-3H3,(H,16,19). The third kappa shape index (κ3) is 2.00. The van der Waals surface area contributed by atoms with Gasteiger partial charge in [-0.1, -0.05) is 6.07 Å². The number of hydrogen-bond donors (Lipinski definition) is 1. The molecule has 22 heavy (non-hydrogen) atoms. The van der Waals surface area contributed by atoms with Crippen molar-refractivity contribution in [2.45, 2.75) is 20.4 Å². The Kier molecular flexibility index (Phi) is 3.12. The van der Waals surface area contributed by atoms with Gasteiger partial charge in [0.1, 0.15) is 4.83 Å². The van der Waals surface area contributed by atoms with E-state index in [2.05, 4.69) is 45.0 Å². The van der Waals surface area contributed by atoms with Crippen LogP contribution >= 0.6 is 22.7 Å². The number of rotatable bonds is 3. The maximum Gasteiger partial charge on any atom is 0.166 e. The molecule has 0 saturated heterocycles. The third-order valence-corrected chi connectivity index (χ3v) is 5.82. The maximum absolute atomic E-state index is 4.64. The van der Waals surface area contributed by atoms with Crippen LogP contribution in [-0.4, -0.2) is 20.0 Å². The predicted molar refractivity (Wildman–Crippen MR) is 92.8 cm³/mol. The number of thiophene rings is 2. The number of nitrogens with one attached hydrogen (secondary N) is 1. The van der Waals surface area contributed by atoms with E-state index in [9.17, 15) is 0 Å². The molecule has 0 amide bonds. The summed E-state index contributed by atoms with van der Waals surface area (Å²) in [6.45, 7) is 4.89. The summed E-state index contributed by atoms with van der Waals surface area (Å²) < 4.78 is 3.09. The van der Waals surface area contributed by atoms with Gasteiger partial charge >= 0.3 is 0 Å². The Morgan fingerprint density at radius 3 is 2.91 bits per heavy atom. The van der Waals surface area contributed by atoms with E-state index in [-0.39, 0.29) is 0 Å². The minimum absolute atomic E-state index is 0.793. The second-order valence-corrected chi connectivity index (χ2v) is 7.31. The van der Waals surface area contributed by atoms with Crippen molar-refractivity contribution >= 4 is 48.9 Å². The van der Waals surface area contributed by atoms with Gasteiger partial charge in [-0.2, -0.15) is 10.2 Å². The lowest BCUT2D eigenvalue weighted by Crippen LogP contribution is -1.99. The first kappa shape index (κ1) is 13.7. The first-order chi connectivity index (χ1) is 10.6. The van der Waals surface area contributed by atoms with Gasteiger partial charge in [0.25, 0.3) is 0 Å². The molecule has 112 valence electrons. The number of fused-ring (bicyclic) bond motifs is 3. The molecule has 7 heteroatoms. The van der Waals surface area contributed by atoms with Crippen LogP contribution in [0.25, 0.3) is 20.4 Å². The van der Waals surface area contributed by atoms with E-state index in [1.165, 1.54) is 15.8 Å². The molecule has 0 aliphatic carbocycles. The molecule has 5 nitrogen and oxygen atoms in total. The van der Waals surface area contributed by atoms with Crippen molar-refractivity contribution in [2.75, 3.05) is 5.32 Å². The molecule has 0 bridgehead atoms. The lowest BCUT2D eigenvalue weighted by Gasteiger charge is -2.01. The largest absolute Gasteiger partial charge is 0.363 e. The summed E-state index contributed by atoms with van der Waals surface area (Å²) in [7, 11) is 1.99. The van der Waals surface area contributed by atoms with Crippen molar-refractivity contribution in [3.63, 3.8) is 0 Å². The van der Waals surface area contributed by atoms with Gasteiger partial charge in [-0.15, -0.1) is 27.8 Å². The number of aryl methyl sites for hydroxylation is 3. The highest BCUT2D eigenvalue weighted by Gasteiger charge is 2.18. The number of aromatic nitrogens is 4. The smallest absolute Gasteiger partial charge is 0.166 e. The first-order valence-electron chi connectivity index (χ1n) is 7.00. The fraction of sp³-hybridized carbons (Fsp3) is 0.267. The Bertz CT molecular complexity index is 965. The van der Waals surface area contributed by atoms with E-state index >= 15 is 0 Å². The van der Waals surface area contributed by atoms with Crippen LogP contribution in [0.1, 0.15) is 16.1 Å². The molecule has 0 unspecified atom stereocenters. The van der Waals surface area contributed by atoms with Crippen LogP contribution < -0.4 is 5.32 Å². The second-order valence-electron chi connectivity index (χ2n) is 5.28. The molecule has 4 aromatic heterocycles. The molecular formula is C15H15N5S2. The minimum Gasteiger partial charge on any atom is -0.363 e. The summed E-state index contributed by atoms with van der Waals surface area (Å²) in [6.07, 6.45) is 0. The average Bonchev–Trinajstić information content (AvgIpc) is 3.19. The molecule has 1 N–H and O–H groups in total. The highest BCUT2D eigenvalue weighted by Crippen LogP contribution is 2.38. The van der Waals surface area contributed by atoms with Gasteiger partial charge in [-0.05, 0) is 30.9 Å². The molecule has 4 rings (SSSR count). The Hall–Kier alpha value is -1.99. The minimum atomic E-state index is 0.793. The second kappa shape index (κ2) is 5.03. The van der Waals surface area contributed by atoms with Crippen molar-refractivity contribution in [3.05, 3.63) is 33.6 Å². The van der Waals surface area contributed by atoms with E-state index in [0.717, 1.165) is 33.1 Å². The summed E-state index contributed by atoms with van der Waals surface area (Å²) in [5.74, 6) is 0.922. The van der Waals surface area contributed by atoms with Crippen molar-refractivity contribution < 1.29 is 0 Å². The molecule has 0 radical (unpaired) electrons. The summed E-state index contributed by atoms with van der Waals surface area (Å²) in [6, 6.07) is 4.19. The van der Waals surface area contributed by atoms with Gasteiger partial charge in [0.15, 0.2) is 5.82 Å². The first-order valence-corrected chi connectivity index (χ1v) is 8.70. The van der Waals surface area contributed by atoms with E-state index in [1.807, 2.05) is 18.7 Å². The topological polar surface area (TPSA) is 55.6 Å². The molecule has 4 aromatic rings. The normalized spacial score (nSPS) is 11.6. The quantitative estimate of drug-likeness (QED) is 0.620. The molecule has 0 atom stereocenters. The van der Waals surface area contributed by atoms with E-state index in [0.29, 0.717) is 0 Å². The molecular weight excluding hydrogens is 314 g/mol. The van der Waals surface area contributed by atoms with E-state index < -0.39 is 0 Å². The van der Waals surface area contributed by atoms with Gasteiger partial charge in [0.2, 0.25) is 0 Å². The molecule has 0 fully saturated rings. The predicted octanol–water partition coefficient (Wildman–Crippen LogP) is 3.87. The SMILES string of the molecule is Cc1nnc2sc3c(NCc4cccs4)nn(C)c3c2c1C. The van der Waals surface area contributed by atoms with E-state index in [1.54, 1.807) is 22.7 Å². The molecule has 0 aliphatic rings. The summed E-state index contributed by atoms with van der Waals surface area (Å²) in [5, 5.41) is 19.9. The van der Waals surface area contributed by atoms with Crippen molar-refractivity contribution in [3.8, 4) is 0 Å². The molecule has 0 spiro atoms. The van der Waals surface area contributed by atoms with Crippen molar-refractivity contribution in [1.82, 2.24) is 20.0 Å². The summed E-state index contributed by atoms with van der Waals surface area (Å²) in [4.78, 5) is 2.28. The van der Waals surface area contributed by atoms with Crippen LogP contribution in [0.3, 0.4) is 0 Å². The zero-order chi connectivity index (χ0) is 15.3. The molecule has 0 saturated carbocycles. The zero-order valence-corrected chi connectivity index (χ0v) is 14.2. The summed E-state index contributed by atoms with van der Waals surface area (Å²) in [5.41, 5.74) is 3.30. The van der Waals surface area contributed by atoms with Crippen LogP contribution in [0, 0.1) is 13.8 Å². The van der Waals surface area contributed by atoms with Crippen LogP contribution in [0.15, 0.2) is 17.5 Å². The Morgan fingerprint density at radius 1 is 1.27 bits per heavy atom. The van der Waals surface area contributed by atoms with Crippen LogP contribution in [0.4, 0.5) is 5.82 Å². The van der Waals surface area contributed by atoms with Gasteiger partial charge in [-0.3, -0.25) is 4.68 Å². The van der Waals surface area contributed by atoms with Crippen molar-refractivity contribution in [1.29, 1.82) is 0 Å². The Balaban J connectivity index is 1.85. The fourth-order valence-electron chi connectivity index (χ4n) is 2.61. The monoisotopic (exact) mass is 329 g/mol. The lowest BCUT2D eigenvalue weighted by molar-refractivity contribution is 0.799. The third-order valence-electron chi connectivity index (χ3n) is 3.87. The van der Waals surface area contributed by atoms with Crippen LogP contribution in [-0.2, 0) is 13.6 Å². The number of nitrogens with zero attached hydrogens (tertiary/aromatic N) is 4. The van der Waals surface area contributed by atoms with Gasteiger partial charge in [-0.25, -0.2) is 0 Å². The van der Waals surface area contributed by atoms with Crippen LogP contribution in [0.2, 0.25) is 0 Å². The van der Waals surface area contributed by atoms with Crippen LogP contribution in [0.5, 0.6) is 0 Å². The highest BCUT2D eigenvalue weighted by molar-refractivity contribution is 7.26. The number of anilines is 1. The molecule has 0 aromatic carbocycles. The Morgan fingerprint density at radius 2 is 2.14 bits per heavy atom.